The number of aliphatic carboxylic acids is 1. The summed E-state index contributed by atoms with van der Waals surface area (Å²) in [6.07, 6.45) is 5.10. The molecule has 0 fully saturated rings. The fourth-order valence-corrected chi connectivity index (χ4v) is 2.36. The van der Waals surface area contributed by atoms with Gasteiger partial charge in [-0.25, -0.2) is 4.79 Å². The maximum Gasteiger partial charge on any atom is 0.326 e. The Bertz CT molecular complexity index is 586. The minimum atomic E-state index is -1.00. The van der Waals surface area contributed by atoms with Crippen LogP contribution in [-0.2, 0) is 16.1 Å². The molecule has 128 valence electrons. The number of amides is 1. The lowest BCUT2D eigenvalue weighted by atomic mass is 10.1. The zero-order valence-corrected chi connectivity index (χ0v) is 14.0. The van der Waals surface area contributed by atoms with Crippen molar-refractivity contribution in [3.05, 3.63) is 33.7 Å². The third kappa shape index (κ3) is 7.32. The molecule has 1 aromatic rings. The molecule has 1 aromatic heterocycles. The zero-order chi connectivity index (χ0) is 17.2. The summed E-state index contributed by atoms with van der Waals surface area (Å²) in [5.74, 6) is -1.27. The van der Waals surface area contributed by atoms with E-state index in [0.717, 1.165) is 12.8 Å². The molecule has 1 amide bonds. The first-order valence-electron chi connectivity index (χ1n) is 7.82. The van der Waals surface area contributed by atoms with Gasteiger partial charge in [0.05, 0.1) is 5.02 Å². The van der Waals surface area contributed by atoms with Crippen LogP contribution in [0.5, 0.6) is 0 Å². The van der Waals surface area contributed by atoms with E-state index in [1.165, 1.54) is 16.7 Å². The smallest absolute Gasteiger partial charge is 0.326 e. The predicted octanol–water partition coefficient (Wildman–Crippen LogP) is 2.43. The lowest BCUT2D eigenvalue weighted by Crippen LogP contribution is -2.40. The van der Waals surface area contributed by atoms with Gasteiger partial charge in [-0.3, -0.25) is 9.59 Å². The number of unbranched alkanes of at least 4 members (excludes halogenated alkanes) is 2. The van der Waals surface area contributed by atoms with Crippen molar-refractivity contribution in [3.63, 3.8) is 0 Å². The number of rotatable bonds is 10. The van der Waals surface area contributed by atoms with E-state index in [0.29, 0.717) is 30.8 Å². The van der Waals surface area contributed by atoms with Crippen molar-refractivity contribution in [2.75, 3.05) is 0 Å². The lowest BCUT2D eigenvalue weighted by molar-refractivity contribution is -0.142. The van der Waals surface area contributed by atoms with Gasteiger partial charge in [0.25, 0.3) is 5.56 Å². The van der Waals surface area contributed by atoms with Gasteiger partial charge in [0.1, 0.15) is 6.04 Å². The highest BCUT2D eigenvalue weighted by atomic mass is 35.5. The van der Waals surface area contributed by atoms with Crippen molar-refractivity contribution in [2.45, 2.75) is 58.0 Å². The number of aryl methyl sites for hydroxylation is 1. The molecule has 2 N–H and O–H groups in total. The molecule has 0 aromatic carbocycles. The first-order valence-corrected chi connectivity index (χ1v) is 8.20. The molecule has 0 saturated carbocycles. The topological polar surface area (TPSA) is 88.4 Å². The molecule has 6 nitrogen and oxygen atoms in total. The average Bonchev–Trinajstić information content (AvgIpc) is 2.50. The van der Waals surface area contributed by atoms with Crippen molar-refractivity contribution in [3.8, 4) is 0 Å². The summed E-state index contributed by atoms with van der Waals surface area (Å²) in [6.45, 7) is 2.45. The standard InChI is InChI=1S/C16H23ClN2O4/c1-2-3-6-13(16(22)23)18-14(20)7-4-5-10-19-11-12(17)8-9-15(19)21/h8-9,11,13H,2-7,10H2,1H3,(H,18,20)(H,22,23). The van der Waals surface area contributed by atoms with Gasteiger partial charge in [0, 0.05) is 25.2 Å². The van der Waals surface area contributed by atoms with Crippen LogP contribution in [0.2, 0.25) is 5.02 Å². The van der Waals surface area contributed by atoms with Crippen molar-refractivity contribution < 1.29 is 14.7 Å². The summed E-state index contributed by atoms with van der Waals surface area (Å²) in [5.41, 5.74) is -0.135. The minimum absolute atomic E-state index is 0.135. The molecule has 0 spiro atoms. The van der Waals surface area contributed by atoms with E-state index in [1.54, 1.807) is 6.20 Å². The van der Waals surface area contributed by atoms with Gasteiger partial charge in [-0.2, -0.15) is 0 Å². The monoisotopic (exact) mass is 342 g/mol. The summed E-state index contributed by atoms with van der Waals surface area (Å²) >= 11 is 5.83. The Kier molecular flexibility index (Phi) is 8.40. The largest absolute Gasteiger partial charge is 0.480 e. The number of pyridine rings is 1. The van der Waals surface area contributed by atoms with E-state index in [4.69, 9.17) is 16.7 Å². The average molecular weight is 343 g/mol. The molecular weight excluding hydrogens is 320 g/mol. The first-order chi connectivity index (χ1) is 10.9. The molecule has 7 heteroatoms. The SMILES string of the molecule is CCCCC(NC(=O)CCCCn1cc(Cl)ccc1=O)C(=O)O. The summed E-state index contributed by atoms with van der Waals surface area (Å²) in [4.78, 5) is 34.4. The number of hydrogen-bond acceptors (Lipinski definition) is 3. The Hall–Kier alpha value is -1.82. The molecule has 1 heterocycles. The van der Waals surface area contributed by atoms with Gasteiger partial charge in [-0.05, 0) is 25.3 Å². The third-order valence-electron chi connectivity index (χ3n) is 3.48. The van der Waals surface area contributed by atoms with Gasteiger partial charge < -0.3 is 15.0 Å². The van der Waals surface area contributed by atoms with Gasteiger partial charge in [0.15, 0.2) is 0 Å². The zero-order valence-electron chi connectivity index (χ0n) is 13.3. The van der Waals surface area contributed by atoms with E-state index in [1.807, 2.05) is 6.92 Å². The van der Waals surface area contributed by atoms with Crippen LogP contribution in [0.3, 0.4) is 0 Å². The van der Waals surface area contributed by atoms with Crippen molar-refractivity contribution in [1.82, 2.24) is 9.88 Å². The number of nitrogens with zero attached hydrogens (tertiary/aromatic N) is 1. The van der Waals surface area contributed by atoms with Gasteiger partial charge in [-0.15, -0.1) is 0 Å². The minimum Gasteiger partial charge on any atom is -0.480 e. The fraction of sp³-hybridized carbons (Fsp3) is 0.562. The van der Waals surface area contributed by atoms with Crippen LogP contribution in [0.15, 0.2) is 23.1 Å². The van der Waals surface area contributed by atoms with Gasteiger partial charge in [0.2, 0.25) is 5.91 Å². The lowest BCUT2D eigenvalue weighted by Gasteiger charge is -2.14. The van der Waals surface area contributed by atoms with Crippen LogP contribution in [0.25, 0.3) is 0 Å². The molecule has 0 aliphatic rings. The van der Waals surface area contributed by atoms with E-state index < -0.39 is 12.0 Å². The van der Waals surface area contributed by atoms with Gasteiger partial charge >= 0.3 is 5.97 Å². The number of nitrogens with one attached hydrogen (secondary N) is 1. The van der Waals surface area contributed by atoms with Crippen molar-refractivity contribution in [1.29, 1.82) is 0 Å². The van der Waals surface area contributed by atoms with Crippen LogP contribution in [0, 0.1) is 0 Å². The van der Waals surface area contributed by atoms with Crippen LogP contribution in [-0.4, -0.2) is 27.6 Å². The number of carbonyl (C=O) groups is 2. The number of carbonyl (C=O) groups excluding carboxylic acids is 1. The molecule has 1 rings (SSSR count). The molecule has 0 radical (unpaired) electrons. The molecule has 1 atom stereocenters. The number of halogens is 1. The molecule has 23 heavy (non-hydrogen) atoms. The van der Waals surface area contributed by atoms with Crippen LogP contribution in [0.4, 0.5) is 0 Å². The van der Waals surface area contributed by atoms with E-state index >= 15 is 0 Å². The van der Waals surface area contributed by atoms with Crippen LogP contribution < -0.4 is 10.9 Å². The molecular formula is C16H23ClN2O4. The maximum atomic E-state index is 11.8. The summed E-state index contributed by atoms with van der Waals surface area (Å²) in [5, 5.41) is 12.1. The maximum absolute atomic E-state index is 11.8. The quantitative estimate of drug-likeness (QED) is 0.639. The van der Waals surface area contributed by atoms with Gasteiger partial charge in [-0.1, -0.05) is 31.4 Å². The highest BCUT2D eigenvalue weighted by Gasteiger charge is 2.18. The Morgan fingerprint density at radius 3 is 2.70 bits per heavy atom. The Morgan fingerprint density at radius 1 is 1.30 bits per heavy atom. The van der Waals surface area contributed by atoms with Crippen LogP contribution in [0.1, 0.15) is 45.4 Å². The van der Waals surface area contributed by atoms with Crippen LogP contribution >= 0.6 is 11.6 Å². The molecule has 1 unspecified atom stereocenters. The Balaban J connectivity index is 2.34. The predicted molar refractivity (Wildman–Crippen MR) is 88.7 cm³/mol. The Labute approximate surface area is 140 Å². The summed E-state index contributed by atoms with van der Waals surface area (Å²) < 4.78 is 1.50. The first kappa shape index (κ1) is 19.2. The molecule has 0 aliphatic carbocycles. The number of hydrogen-bond donors (Lipinski definition) is 2. The molecule has 0 bridgehead atoms. The molecule has 0 aliphatic heterocycles. The second-order valence-electron chi connectivity index (χ2n) is 5.44. The van der Waals surface area contributed by atoms with E-state index in [9.17, 15) is 14.4 Å². The highest BCUT2D eigenvalue weighted by Crippen LogP contribution is 2.06. The number of carboxylic acid groups (broad SMARTS) is 1. The Morgan fingerprint density at radius 2 is 2.04 bits per heavy atom. The number of carboxylic acids is 1. The normalized spacial score (nSPS) is 11.9. The van der Waals surface area contributed by atoms with E-state index in [-0.39, 0.29) is 17.9 Å². The number of aromatic nitrogens is 1. The second-order valence-corrected chi connectivity index (χ2v) is 5.87. The second kappa shape index (κ2) is 10.0. The summed E-state index contributed by atoms with van der Waals surface area (Å²) in [6, 6.07) is 2.12. The fourth-order valence-electron chi connectivity index (χ4n) is 2.18. The third-order valence-corrected chi connectivity index (χ3v) is 3.70. The summed E-state index contributed by atoms with van der Waals surface area (Å²) in [7, 11) is 0. The van der Waals surface area contributed by atoms with Crippen molar-refractivity contribution >= 4 is 23.5 Å². The van der Waals surface area contributed by atoms with Crippen molar-refractivity contribution in [2.24, 2.45) is 0 Å². The molecule has 0 saturated heterocycles. The van der Waals surface area contributed by atoms with E-state index in [2.05, 4.69) is 5.32 Å². The highest BCUT2D eigenvalue weighted by molar-refractivity contribution is 6.30.